The Hall–Kier alpha value is -2.11. The van der Waals surface area contributed by atoms with Gasteiger partial charge < -0.3 is 9.47 Å². The average Bonchev–Trinajstić information content (AvgIpc) is 2.96. The first-order valence-corrected chi connectivity index (χ1v) is 9.05. The summed E-state index contributed by atoms with van der Waals surface area (Å²) in [5.74, 6) is -2.34. The standard InChI is InChI=1S/C20H31NO5/c1-7-9-11-14(3)16(18(23)26-20(4,5)6)15(10-8-2)17(22)21-12-13-25-19(21)24/h7-8,14-16H,1-2,9-13H2,3-6H3/t14?,15-,16+/m0/s1. The zero-order chi connectivity index (χ0) is 19.9. The minimum Gasteiger partial charge on any atom is -0.460 e. The molecule has 1 rings (SSSR count). The molecule has 146 valence electrons. The smallest absolute Gasteiger partial charge is 0.416 e. The van der Waals surface area contributed by atoms with Crippen molar-refractivity contribution in [3.05, 3.63) is 25.3 Å². The molecular weight excluding hydrogens is 334 g/mol. The van der Waals surface area contributed by atoms with Crippen LogP contribution in [0.4, 0.5) is 4.79 Å². The van der Waals surface area contributed by atoms with Gasteiger partial charge in [-0.3, -0.25) is 9.59 Å². The number of cyclic esters (lactones) is 1. The normalized spacial score (nSPS) is 17.8. The highest BCUT2D eigenvalue weighted by atomic mass is 16.6. The van der Waals surface area contributed by atoms with E-state index in [4.69, 9.17) is 9.47 Å². The van der Waals surface area contributed by atoms with Crippen molar-refractivity contribution in [3.8, 4) is 0 Å². The highest BCUT2D eigenvalue weighted by molar-refractivity contribution is 5.96. The summed E-state index contributed by atoms with van der Waals surface area (Å²) in [7, 11) is 0. The van der Waals surface area contributed by atoms with Crippen LogP contribution in [0.25, 0.3) is 0 Å². The number of hydrogen-bond acceptors (Lipinski definition) is 5. The van der Waals surface area contributed by atoms with Gasteiger partial charge in [-0.15, -0.1) is 13.2 Å². The third kappa shape index (κ3) is 6.00. The van der Waals surface area contributed by atoms with E-state index in [2.05, 4.69) is 13.2 Å². The molecular formula is C20H31NO5. The molecule has 0 aromatic carbocycles. The Bertz CT molecular complexity index is 549. The number of carbonyl (C=O) groups excluding carboxylic acids is 3. The third-order valence-corrected chi connectivity index (χ3v) is 4.32. The topological polar surface area (TPSA) is 72.9 Å². The van der Waals surface area contributed by atoms with E-state index in [0.717, 1.165) is 11.3 Å². The predicted octanol–water partition coefficient (Wildman–Crippen LogP) is 3.72. The van der Waals surface area contributed by atoms with Gasteiger partial charge in [0, 0.05) is 0 Å². The number of allylic oxidation sites excluding steroid dienone is 2. The van der Waals surface area contributed by atoms with Crippen LogP contribution >= 0.6 is 0 Å². The summed E-state index contributed by atoms with van der Waals surface area (Å²) in [6, 6.07) is 0. The second-order valence-corrected chi connectivity index (χ2v) is 7.64. The zero-order valence-electron chi connectivity index (χ0n) is 16.3. The van der Waals surface area contributed by atoms with Gasteiger partial charge in [0.15, 0.2) is 0 Å². The Morgan fingerprint density at radius 3 is 2.42 bits per heavy atom. The van der Waals surface area contributed by atoms with E-state index in [9.17, 15) is 14.4 Å². The summed E-state index contributed by atoms with van der Waals surface area (Å²) in [5.41, 5.74) is -0.665. The quantitative estimate of drug-likeness (QED) is 0.460. The summed E-state index contributed by atoms with van der Waals surface area (Å²) < 4.78 is 10.5. The van der Waals surface area contributed by atoms with Crippen molar-refractivity contribution in [1.82, 2.24) is 4.90 Å². The molecule has 26 heavy (non-hydrogen) atoms. The average molecular weight is 365 g/mol. The van der Waals surface area contributed by atoms with Crippen molar-refractivity contribution in [1.29, 1.82) is 0 Å². The molecule has 0 bridgehead atoms. The lowest BCUT2D eigenvalue weighted by molar-refractivity contribution is -0.167. The van der Waals surface area contributed by atoms with Crippen LogP contribution < -0.4 is 0 Å². The molecule has 1 aliphatic heterocycles. The van der Waals surface area contributed by atoms with E-state index in [-0.39, 0.29) is 25.5 Å². The van der Waals surface area contributed by atoms with Crippen molar-refractivity contribution >= 4 is 18.0 Å². The van der Waals surface area contributed by atoms with Gasteiger partial charge in [0.2, 0.25) is 5.91 Å². The Labute approximate surface area is 156 Å². The first-order valence-electron chi connectivity index (χ1n) is 9.05. The fourth-order valence-corrected chi connectivity index (χ4v) is 3.10. The van der Waals surface area contributed by atoms with Crippen LogP contribution in [0.1, 0.15) is 47.0 Å². The molecule has 0 aromatic heterocycles. The number of imide groups is 1. The van der Waals surface area contributed by atoms with Crippen molar-refractivity contribution in [2.45, 2.75) is 52.6 Å². The Balaban J connectivity index is 3.16. The molecule has 0 aromatic rings. The molecule has 0 spiro atoms. The Kier molecular flexibility index (Phi) is 8.06. The van der Waals surface area contributed by atoms with Crippen LogP contribution in [0, 0.1) is 17.8 Å². The zero-order valence-corrected chi connectivity index (χ0v) is 16.3. The van der Waals surface area contributed by atoms with Crippen LogP contribution in [-0.2, 0) is 19.1 Å². The van der Waals surface area contributed by atoms with Gasteiger partial charge in [0.05, 0.1) is 18.4 Å². The van der Waals surface area contributed by atoms with E-state index in [0.29, 0.717) is 6.42 Å². The SMILES string of the molecule is C=CCCC(C)[C@@H](C(=O)OC(C)(C)C)[C@H](CC=C)C(=O)N1CCOC1=O. The van der Waals surface area contributed by atoms with Crippen LogP contribution in [-0.4, -0.2) is 41.6 Å². The van der Waals surface area contributed by atoms with E-state index >= 15 is 0 Å². The predicted molar refractivity (Wildman–Crippen MR) is 99.3 cm³/mol. The van der Waals surface area contributed by atoms with Gasteiger partial charge in [-0.2, -0.15) is 0 Å². The number of carbonyl (C=O) groups is 3. The number of rotatable bonds is 9. The van der Waals surface area contributed by atoms with Crippen LogP contribution in [0.5, 0.6) is 0 Å². The fraction of sp³-hybridized carbons (Fsp3) is 0.650. The van der Waals surface area contributed by atoms with Gasteiger partial charge in [0.1, 0.15) is 12.2 Å². The fourth-order valence-electron chi connectivity index (χ4n) is 3.10. The number of hydrogen-bond donors (Lipinski definition) is 0. The molecule has 0 saturated carbocycles. The van der Waals surface area contributed by atoms with Crippen molar-refractivity contribution in [2.75, 3.05) is 13.2 Å². The molecule has 1 saturated heterocycles. The lowest BCUT2D eigenvalue weighted by Gasteiger charge is -2.32. The lowest BCUT2D eigenvalue weighted by atomic mass is 9.77. The molecule has 0 radical (unpaired) electrons. The van der Waals surface area contributed by atoms with Gasteiger partial charge in [-0.05, 0) is 46.0 Å². The van der Waals surface area contributed by atoms with Crippen LogP contribution in [0.2, 0.25) is 0 Å². The maximum Gasteiger partial charge on any atom is 0.416 e. The molecule has 0 aliphatic carbocycles. The summed E-state index contributed by atoms with van der Waals surface area (Å²) in [6.07, 6.45) is 4.42. The molecule has 1 heterocycles. The van der Waals surface area contributed by atoms with E-state index < -0.39 is 35.4 Å². The summed E-state index contributed by atoms with van der Waals surface area (Å²) in [5, 5.41) is 0. The first kappa shape index (κ1) is 21.9. The molecule has 6 heteroatoms. The van der Waals surface area contributed by atoms with Gasteiger partial charge >= 0.3 is 12.1 Å². The number of amides is 2. The Morgan fingerprint density at radius 2 is 1.96 bits per heavy atom. The minimum absolute atomic E-state index is 0.115. The van der Waals surface area contributed by atoms with Crippen molar-refractivity contribution in [3.63, 3.8) is 0 Å². The van der Waals surface area contributed by atoms with Crippen molar-refractivity contribution in [2.24, 2.45) is 17.8 Å². The van der Waals surface area contributed by atoms with Gasteiger partial charge in [0.25, 0.3) is 0 Å². The highest BCUT2D eigenvalue weighted by Crippen LogP contribution is 2.32. The summed E-state index contributed by atoms with van der Waals surface area (Å²) >= 11 is 0. The molecule has 1 fully saturated rings. The maximum absolute atomic E-state index is 13.0. The van der Waals surface area contributed by atoms with Crippen LogP contribution in [0.3, 0.4) is 0 Å². The van der Waals surface area contributed by atoms with Crippen molar-refractivity contribution < 1.29 is 23.9 Å². The molecule has 3 atom stereocenters. The first-order chi connectivity index (χ1) is 12.1. The molecule has 1 aliphatic rings. The molecule has 1 unspecified atom stereocenters. The second kappa shape index (κ2) is 9.55. The second-order valence-electron chi connectivity index (χ2n) is 7.64. The van der Waals surface area contributed by atoms with Gasteiger partial charge in [-0.1, -0.05) is 19.1 Å². The molecule has 6 nitrogen and oxygen atoms in total. The van der Waals surface area contributed by atoms with E-state index in [1.807, 2.05) is 6.92 Å². The third-order valence-electron chi connectivity index (χ3n) is 4.32. The summed E-state index contributed by atoms with van der Waals surface area (Å²) in [4.78, 5) is 38.8. The number of nitrogens with zero attached hydrogens (tertiary/aromatic N) is 1. The highest BCUT2D eigenvalue weighted by Gasteiger charge is 2.43. The van der Waals surface area contributed by atoms with Crippen LogP contribution in [0.15, 0.2) is 25.3 Å². The molecule has 2 amide bonds. The number of esters is 1. The molecule has 0 N–H and O–H groups in total. The lowest BCUT2D eigenvalue weighted by Crippen LogP contribution is -2.45. The largest absolute Gasteiger partial charge is 0.460 e. The minimum atomic E-state index is -0.715. The maximum atomic E-state index is 13.0. The Morgan fingerprint density at radius 1 is 1.31 bits per heavy atom. The van der Waals surface area contributed by atoms with E-state index in [1.54, 1.807) is 32.9 Å². The number of ether oxygens (including phenoxy) is 2. The summed E-state index contributed by atoms with van der Waals surface area (Å²) in [6.45, 7) is 15.1. The van der Waals surface area contributed by atoms with Gasteiger partial charge in [-0.25, -0.2) is 9.69 Å². The monoisotopic (exact) mass is 365 g/mol. The van der Waals surface area contributed by atoms with E-state index in [1.165, 1.54) is 0 Å².